The maximum Gasteiger partial charge on any atom is 0.328 e. The van der Waals surface area contributed by atoms with Crippen LogP contribution >= 0.6 is 0 Å². The van der Waals surface area contributed by atoms with Crippen LogP contribution in [0, 0.1) is 13.8 Å². The molecule has 0 radical (unpaired) electrons. The third-order valence-corrected chi connectivity index (χ3v) is 6.89. The Bertz CT molecular complexity index is 1110. The van der Waals surface area contributed by atoms with Gasteiger partial charge in [0.2, 0.25) is 0 Å². The van der Waals surface area contributed by atoms with E-state index in [0.717, 1.165) is 11.1 Å². The lowest BCUT2D eigenvalue weighted by molar-refractivity contribution is 0.245. The summed E-state index contributed by atoms with van der Waals surface area (Å²) in [6.07, 6.45) is 0. The predicted molar refractivity (Wildman–Crippen MR) is 123 cm³/mol. The van der Waals surface area contributed by atoms with Crippen molar-refractivity contribution in [1.82, 2.24) is 25.4 Å². The number of hydrogen-bond acceptors (Lipinski definition) is 7. The third-order valence-electron chi connectivity index (χ3n) is 4.23. The number of carbonyl (C=O) groups excluding carboxylic acids is 2. The molecule has 0 bridgehead atoms. The normalized spacial score (nSPS) is 11.5. The summed E-state index contributed by atoms with van der Waals surface area (Å²) < 4.78 is 52.5. The topological polar surface area (TPSA) is 163 Å². The van der Waals surface area contributed by atoms with Gasteiger partial charge in [-0.1, -0.05) is 24.3 Å². The van der Waals surface area contributed by atoms with Crippen LogP contribution in [-0.2, 0) is 20.0 Å². The fourth-order valence-corrected chi connectivity index (χ4v) is 4.72. The van der Waals surface area contributed by atoms with E-state index >= 15 is 0 Å². The minimum Gasteiger partial charge on any atom is -0.336 e. The molecular weight excluding hydrogens is 470 g/mol. The Morgan fingerprint density at radius 1 is 0.667 bits per heavy atom. The summed E-state index contributed by atoms with van der Waals surface area (Å²) >= 11 is 0. The van der Waals surface area contributed by atoms with Crippen LogP contribution in [0.15, 0.2) is 58.3 Å². The van der Waals surface area contributed by atoms with Gasteiger partial charge in [-0.2, -0.15) is 0 Å². The average Bonchev–Trinajstić information content (AvgIpc) is 2.72. The first-order chi connectivity index (χ1) is 15.5. The predicted octanol–water partition coefficient (Wildman–Crippen LogP) is 0.569. The van der Waals surface area contributed by atoms with Crippen molar-refractivity contribution in [2.75, 3.05) is 26.2 Å². The quantitative estimate of drug-likeness (QED) is 0.300. The van der Waals surface area contributed by atoms with Crippen LogP contribution in [0.5, 0.6) is 0 Å². The molecule has 4 amide bonds. The van der Waals surface area contributed by atoms with E-state index in [1.165, 1.54) is 24.3 Å². The Labute approximate surface area is 193 Å². The Balaban J connectivity index is 1.63. The second kappa shape index (κ2) is 11.6. The SMILES string of the molecule is Cc1cccc(S(=O)(=O)NC(=O)NCCNCCNC(=O)NS(=O)(=O)c2cccc(C)c2)c1. The van der Waals surface area contributed by atoms with E-state index in [4.69, 9.17) is 0 Å². The number of sulfonamides is 2. The monoisotopic (exact) mass is 497 g/mol. The number of aryl methyl sites for hydroxylation is 2. The molecule has 0 saturated carbocycles. The second-order valence-electron chi connectivity index (χ2n) is 7.11. The van der Waals surface area contributed by atoms with Gasteiger partial charge in [-0.15, -0.1) is 0 Å². The number of urea groups is 2. The molecule has 0 aliphatic carbocycles. The molecule has 0 aliphatic rings. The zero-order valence-electron chi connectivity index (χ0n) is 18.2. The molecule has 0 fully saturated rings. The van der Waals surface area contributed by atoms with Gasteiger partial charge in [0.15, 0.2) is 0 Å². The van der Waals surface area contributed by atoms with Gasteiger partial charge in [-0.05, 0) is 49.2 Å². The average molecular weight is 498 g/mol. The van der Waals surface area contributed by atoms with Gasteiger partial charge in [-0.25, -0.2) is 35.9 Å². The van der Waals surface area contributed by atoms with Crippen LogP contribution < -0.4 is 25.4 Å². The number of nitrogens with one attached hydrogen (secondary N) is 5. The molecule has 2 aromatic rings. The molecule has 0 spiro atoms. The lowest BCUT2D eigenvalue weighted by atomic mass is 10.2. The highest BCUT2D eigenvalue weighted by molar-refractivity contribution is 7.90. The maximum absolute atomic E-state index is 12.2. The largest absolute Gasteiger partial charge is 0.336 e. The summed E-state index contributed by atoms with van der Waals surface area (Å²) in [5.41, 5.74) is 1.50. The van der Waals surface area contributed by atoms with Crippen molar-refractivity contribution >= 4 is 32.1 Å². The zero-order valence-corrected chi connectivity index (χ0v) is 19.8. The summed E-state index contributed by atoms with van der Waals surface area (Å²) in [4.78, 5) is 23.6. The van der Waals surface area contributed by atoms with E-state index < -0.39 is 32.1 Å². The number of amides is 4. The highest BCUT2D eigenvalue weighted by atomic mass is 32.2. The first kappa shape index (κ1) is 26.1. The Hall–Kier alpha value is -3.16. The molecule has 5 N–H and O–H groups in total. The van der Waals surface area contributed by atoms with Gasteiger partial charge >= 0.3 is 12.1 Å². The van der Waals surface area contributed by atoms with E-state index in [2.05, 4.69) is 16.0 Å². The van der Waals surface area contributed by atoms with Crippen LogP contribution in [0.2, 0.25) is 0 Å². The number of rotatable bonds is 10. The number of benzene rings is 2. The standard InChI is InChI=1S/C20H27N5O6S2/c1-15-5-3-7-17(13-15)32(28,29)24-19(26)22-11-9-21-10-12-23-20(27)25-33(30,31)18-8-4-6-16(2)14-18/h3-8,13-14,21H,9-12H2,1-2H3,(H2,22,24,26)(H2,23,25,27). The van der Waals surface area contributed by atoms with Crippen LogP contribution in [0.1, 0.15) is 11.1 Å². The van der Waals surface area contributed by atoms with Crippen LogP contribution in [0.25, 0.3) is 0 Å². The van der Waals surface area contributed by atoms with Crippen LogP contribution in [0.4, 0.5) is 9.59 Å². The highest BCUT2D eigenvalue weighted by Gasteiger charge is 2.18. The van der Waals surface area contributed by atoms with Gasteiger partial charge in [0.25, 0.3) is 20.0 Å². The van der Waals surface area contributed by atoms with E-state index in [-0.39, 0.29) is 22.9 Å². The third kappa shape index (κ3) is 8.71. The zero-order chi connectivity index (χ0) is 24.5. The number of hydrogen-bond donors (Lipinski definition) is 5. The summed E-state index contributed by atoms with van der Waals surface area (Å²) in [6.45, 7) is 4.33. The summed E-state index contributed by atoms with van der Waals surface area (Å²) in [5, 5.41) is 7.73. The van der Waals surface area contributed by atoms with Gasteiger partial charge in [-0.3, -0.25) is 0 Å². The second-order valence-corrected chi connectivity index (χ2v) is 10.5. The van der Waals surface area contributed by atoms with Gasteiger partial charge in [0.05, 0.1) is 9.79 Å². The molecule has 0 saturated heterocycles. The summed E-state index contributed by atoms with van der Waals surface area (Å²) in [6, 6.07) is 10.6. The number of carbonyl (C=O) groups is 2. The van der Waals surface area contributed by atoms with E-state index in [9.17, 15) is 26.4 Å². The van der Waals surface area contributed by atoms with Crippen molar-refractivity contribution in [2.24, 2.45) is 0 Å². The van der Waals surface area contributed by atoms with Crippen molar-refractivity contribution < 1.29 is 26.4 Å². The van der Waals surface area contributed by atoms with E-state index in [1.54, 1.807) is 38.1 Å². The minimum absolute atomic E-state index is 0.00969. The highest BCUT2D eigenvalue weighted by Crippen LogP contribution is 2.11. The Kier molecular flexibility index (Phi) is 9.20. The lowest BCUT2D eigenvalue weighted by Gasteiger charge is -2.11. The first-order valence-corrected chi connectivity index (χ1v) is 12.9. The van der Waals surface area contributed by atoms with Crippen LogP contribution in [0.3, 0.4) is 0 Å². The van der Waals surface area contributed by atoms with Crippen molar-refractivity contribution in [1.29, 1.82) is 0 Å². The van der Waals surface area contributed by atoms with Crippen LogP contribution in [-0.4, -0.2) is 55.1 Å². The molecule has 0 aromatic heterocycles. The van der Waals surface area contributed by atoms with Gasteiger partial charge in [0, 0.05) is 26.2 Å². The molecule has 33 heavy (non-hydrogen) atoms. The molecule has 11 nitrogen and oxygen atoms in total. The fraction of sp³-hybridized carbons (Fsp3) is 0.300. The molecule has 0 aliphatic heterocycles. The maximum atomic E-state index is 12.2. The minimum atomic E-state index is -3.97. The van der Waals surface area contributed by atoms with Crippen molar-refractivity contribution in [3.05, 3.63) is 59.7 Å². The Morgan fingerprint density at radius 3 is 1.42 bits per heavy atom. The molecule has 0 heterocycles. The molecular formula is C20H27N5O6S2. The van der Waals surface area contributed by atoms with Crippen molar-refractivity contribution in [3.8, 4) is 0 Å². The molecule has 2 rings (SSSR count). The van der Waals surface area contributed by atoms with Crippen molar-refractivity contribution in [3.63, 3.8) is 0 Å². The molecule has 0 unspecified atom stereocenters. The molecule has 2 aromatic carbocycles. The van der Waals surface area contributed by atoms with Gasteiger partial charge < -0.3 is 16.0 Å². The van der Waals surface area contributed by atoms with Crippen molar-refractivity contribution in [2.45, 2.75) is 23.6 Å². The van der Waals surface area contributed by atoms with E-state index in [0.29, 0.717) is 13.1 Å². The lowest BCUT2D eigenvalue weighted by Crippen LogP contribution is -2.44. The summed E-state index contributed by atoms with van der Waals surface area (Å²) in [5.74, 6) is 0. The van der Waals surface area contributed by atoms with E-state index in [1.807, 2.05) is 9.44 Å². The molecule has 0 atom stereocenters. The first-order valence-electron chi connectivity index (χ1n) is 9.95. The smallest absolute Gasteiger partial charge is 0.328 e. The molecule has 13 heteroatoms. The Morgan fingerprint density at radius 2 is 1.06 bits per heavy atom. The molecule has 180 valence electrons. The van der Waals surface area contributed by atoms with Gasteiger partial charge in [0.1, 0.15) is 0 Å². The summed E-state index contributed by atoms with van der Waals surface area (Å²) in [7, 11) is -7.93. The fourth-order valence-electron chi connectivity index (χ4n) is 2.65.